The zero-order valence-corrected chi connectivity index (χ0v) is 17.8. The summed E-state index contributed by atoms with van der Waals surface area (Å²) in [6, 6.07) is 3.54. The number of rotatable bonds is 4. The molecule has 11 heteroatoms. The summed E-state index contributed by atoms with van der Waals surface area (Å²) in [6.07, 6.45) is 5.53. The third-order valence-corrected chi connectivity index (χ3v) is 6.51. The summed E-state index contributed by atoms with van der Waals surface area (Å²) < 4.78 is 8.41. The van der Waals surface area contributed by atoms with Crippen LogP contribution in [0.2, 0.25) is 0 Å². The molecule has 6 rings (SSSR count). The number of aromatic nitrogens is 5. The molecule has 0 saturated carbocycles. The summed E-state index contributed by atoms with van der Waals surface area (Å²) >= 11 is 0. The molecule has 32 heavy (non-hydrogen) atoms. The Hall–Kier alpha value is -3.47. The van der Waals surface area contributed by atoms with E-state index in [4.69, 9.17) is 4.74 Å². The third-order valence-electron chi connectivity index (χ3n) is 6.51. The summed E-state index contributed by atoms with van der Waals surface area (Å²) in [5.74, 6) is 0.137. The minimum absolute atomic E-state index is 0.113. The number of amides is 2. The van der Waals surface area contributed by atoms with E-state index < -0.39 is 0 Å². The monoisotopic (exact) mass is 436 g/mol. The van der Waals surface area contributed by atoms with Gasteiger partial charge < -0.3 is 19.9 Å². The average Bonchev–Trinajstić information content (AvgIpc) is 3.44. The minimum atomic E-state index is -0.390. The van der Waals surface area contributed by atoms with Gasteiger partial charge in [0.25, 0.3) is 11.8 Å². The van der Waals surface area contributed by atoms with Gasteiger partial charge in [0.2, 0.25) is 5.95 Å². The molecule has 1 spiro atoms. The number of nitrogens with zero attached hydrogens (tertiary/aromatic N) is 7. The number of likely N-dealkylation sites (tertiary alicyclic amines) is 1. The topological polar surface area (TPSA) is 110 Å². The smallest absolute Gasteiger partial charge is 0.274 e. The fraction of sp³-hybridized carbons (Fsp3) is 0.476. The molecule has 3 aliphatic rings. The molecule has 6 heterocycles. The lowest BCUT2D eigenvalue weighted by Crippen LogP contribution is -2.67. The minimum Gasteiger partial charge on any atom is -0.380 e. The van der Waals surface area contributed by atoms with Crippen molar-refractivity contribution in [1.29, 1.82) is 0 Å². The fourth-order valence-electron chi connectivity index (χ4n) is 4.70. The van der Waals surface area contributed by atoms with Crippen LogP contribution >= 0.6 is 0 Å². The number of anilines is 2. The summed E-state index contributed by atoms with van der Waals surface area (Å²) in [5, 5.41) is 11.6. The van der Waals surface area contributed by atoms with Gasteiger partial charge in [-0.15, -0.1) is 5.10 Å². The molecule has 0 bridgehead atoms. The number of carbonyl (C=O) groups excluding carboxylic acids is 2. The summed E-state index contributed by atoms with van der Waals surface area (Å²) in [6.45, 7) is 4.63. The predicted molar refractivity (Wildman–Crippen MR) is 115 cm³/mol. The maximum Gasteiger partial charge on any atom is 0.274 e. The van der Waals surface area contributed by atoms with Gasteiger partial charge in [-0.05, 0) is 18.9 Å². The van der Waals surface area contributed by atoms with Crippen LogP contribution in [-0.4, -0.2) is 80.5 Å². The molecule has 2 amide bonds. The molecular formula is C21H24N8O3. The molecule has 0 unspecified atom stereocenters. The molecule has 1 N–H and O–H groups in total. The van der Waals surface area contributed by atoms with E-state index in [1.54, 1.807) is 34.8 Å². The Morgan fingerprint density at radius 1 is 1.19 bits per heavy atom. The van der Waals surface area contributed by atoms with E-state index in [9.17, 15) is 9.59 Å². The van der Waals surface area contributed by atoms with Gasteiger partial charge in [0.1, 0.15) is 5.69 Å². The number of hydrogen-bond acceptors (Lipinski definition) is 7. The van der Waals surface area contributed by atoms with E-state index in [0.717, 1.165) is 25.9 Å². The first-order valence-electron chi connectivity index (χ1n) is 10.8. The number of ether oxygens (including phenoxy) is 1. The number of pyridine rings is 1. The molecule has 166 valence electrons. The molecule has 3 fully saturated rings. The molecule has 3 saturated heterocycles. The van der Waals surface area contributed by atoms with Crippen molar-refractivity contribution in [3.05, 3.63) is 35.8 Å². The van der Waals surface area contributed by atoms with Crippen LogP contribution in [0.4, 0.5) is 11.6 Å². The molecule has 0 atom stereocenters. The molecule has 3 aliphatic heterocycles. The largest absolute Gasteiger partial charge is 0.380 e. The van der Waals surface area contributed by atoms with Gasteiger partial charge in [0.05, 0.1) is 30.4 Å². The highest BCUT2D eigenvalue weighted by Crippen LogP contribution is 2.38. The highest BCUT2D eigenvalue weighted by molar-refractivity contribution is 6.11. The summed E-state index contributed by atoms with van der Waals surface area (Å²) in [5.41, 5.74) is 1.89. The second-order valence-electron chi connectivity index (χ2n) is 8.96. The van der Waals surface area contributed by atoms with Crippen molar-refractivity contribution in [2.45, 2.75) is 12.8 Å². The van der Waals surface area contributed by atoms with Gasteiger partial charge in [-0.1, -0.05) is 0 Å². The first-order chi connectivity index (χ1) is 15.5. The fourth-order valence-corrected chi connectivity index (χ4v) is 4.70. The molecule has 3 aromatic heterocycles. The second-order valence-corrected chi connectivity index (χ2v) is 8.96. The number of nitrogens with one attached hydrogen (secondary N) is 1. The van der Waals surface area contributed by atoms with Crippen molar-refractivity contribution in [1.82, 2.24) is 29.3 Å². The van der Waals surface area contributed by atoms with Crippen molar-refractivity contribution in [2.24, 2.45) is 12.5 Å². The summed E-state index contributed by atoms with van der Waals surface area (Å²) in [7, 11) is 1.66. The first-order valence-corrected chi connectivity index (χ1v) is 10.8. The molecule has 3 aromatic rings. The van der Waals surface area contributed by atoms with Crippen LogP contribution in [0.15, 0.2) is 24.5 Å². The van der Waals surface area contributed by atoms with Crippen molar-refractivity contribution in [2.75, 3.05) is 49.6 Å². The van der Waals surface area contributed by atoms with Crippen molar-refractivity contribution >= 4 is 29.1 Å². The number of fused-ring (bicyclic) bond motifs is 1. The molecule has 0 aromatic carbocycles. The predicted octanol–water partition coefficient (Wildman–Crippen LogP) is 0.788. The zero-order valence-electron chi connectivity index (χ0n) is 17.8. The maximum absolute atomic E-state index is 13.1. The van der Waals surface area contributed by atoms with Crippen molar-refractivity contribution < 1.29 is 14.3 Å². The van der Waals surface area contributed by atoms with Gasteiger partial charge in [-0.3, -0.25) is 14.3 Å². The lowest BCUT2D eigenvalue weighted by Gasteiger charge is -2.54. The Kier molecular flexibility index (Phi) is 4.22. The van der Waals surface area contributed by atoms with Gasteiger partial charge >= 0.3 is 0 Å². The Morgan fingerprint density at radius 2 is 1.97 bits per heavy atom. The van der Waals surface area contributed by atoms with Gasteiger partial charge in [-0.25, -0.2) is 4.52 Å². The summed E-state index contributed by atoms with van der Waals surface area (Å²) in [4.78, 5) is 34.6. The van der Waals surface area contributed by atoms with E-state index in [0.29, 0.717) is 49.1 Å². The zero-order chi connectivity index (χ0) is 21.9. The van der Waals surface area contributed by atoms with Crippen LogP contribution < -0.4 is 10.2 Å². The quantitative estimate of drug-likeness (QED) is 0.644. The Balaban J connectivity index is 1.20. The van der Waals surface area contributed by atoms with E-state index in [1.165, 1.54) is 10.9 Å². The Labute approximate surface area is 183 Å². The van der Waals surface area contributed by atoms with Crippen LogP contribution in [0.5, 0.6) is 0 Å². The van der Waals surface area contributed by atoms with Gasteiger partial charge in [0.15, 0.2) is 5.65 Å². The van der Waals surface area contributed by atoms with Crippen LogP contribution in [0.25, 0.3) is 5.65 Å². The van der Waals surface area contributed by atoms with Crippen LogP contribution in [0.3, 0.4) is 0 Å². The molecule has 11 nitrogen and oxygen atoms in total. The lowest BCUT2D eigenvalue weighted by molar-refractivity contribution is -0.176. The van der Waals surface area contributed by atoms with Crippen LogP contribution in [-0.2, 0) is 11.8 Å². The lowest BCUT2D eigenvalue weighted by atomic mass is 9.78. The standard InChI is InChI=1S/C21H24N8O3/c1-26-17(15(9-22-26)19(31)28-10-21(11-28)12-32-13-21)18(30)23-14-4-7-29-16(8-14)24-20(25-29)27-5-2-3-6-27/h4,7-9H,2-3,5-6,10-13H2,1H3,(H,23,30). The highest BCUT2D eigenvalue weighted by atomic mass is 16.5. The third kappa shape index (κ3) is 3.03. The number of carbonyl (C=O) groups is 2. The molecule has 0 aliphatic carbocycles. The van der Waals surface area contributed by atoms with Crippen molar-refractivity contribution in [3.8, 4) is 0 Å². The van der Waals surface area contributed by atoms with Crippen LogP contribution in [0.1, 0.15) is 33.7 Å². The highest BCUT2D eigenvalue weighted by Gasteiger charge is 2.51. The van der Waals surface area contributed by atoms with Crippen LogP contribution in [0, 0.1) is 5.41 Å². The maximum atomic E-state index is 13.1. The molecule has 0 radical (unpaired) electrons. The SMILES string of the molecule is Cn1ncc(C(=O)N2CC3(COC3)C2)c1C(=O)Nc1ccn2nc(N3CCCC3)nc2c1. The Morgan fingerprint density at radius 3 is 2.69 bits per heavy atom. The van der Waals surface area contributed by atoms with E-state index in [2.05, 4.69) is 25.4 Å². The molecular weight excluding hydrogens is 412 g/mol. The van der Waals surface area contributed by atoms with Gasteiger partial charge in [0, 0.05) is 51.2 Å². The van der Waals surface area contributed by atoms with E-state index in [-0.39, 0.29) is 22.9 Å². The normalized spacial score (nSPS) is 19.3. The van der Waals surface area contributed by atoms with Crippen molar-refractivity contribution in [3.63, 3.8) is 0 Å². The Bertz CT molecular complexity index is 1210. The number of aryl methyl sites for hydroxylation is 1. The second kappa shape index (κ2) is 7.02. The van der Waals surface area contributed by atoms with E-state index in [1.807, 2.05) is 0 Å². The van der Waals surface area contributed by atoms with Gasteiger partial charge in [-0.2, -0.15) is 10.1 Å². The average molecular weight is 436 g/mol. The van der Waals surface area contributed by atoms with E-state index >= 15 is 0 Å². The first kappa shape index (κ1) is 19.2. The number of hydrogen-bond donors (Lipinski definition) is 1.